The number of azo groups is 3. The fraction of sp³-hybridized carbons (Fsp3) is 0.222. The van der Waals surface area contributed by atoms with Crippen LogP contribution in [0.15, 0.2) is 112 Å². The first-order chi connectivity index (χ1) is 37.5. The number of hydrogen-bond donors (Lipinski definition) is 5. The smallest absolute Gasteiger partial charge is 0.425 e. The molecule has 0 atom stereocenters. The second-order valence-corrected chi connectivity index (χ2v) is 25.1. The number of nitrogens with zero attached hydrogens (tertiary/aromatic N) is 10. The Hall–Kier alpha value is -7.50. The summed E-state index contributed by atoms with van der Waals surface area (Å²) in [4.78, 5) is 8.00. The van der Waals surface area contributed by atoms with Crippen molar-refractivity contribution in [1.29, 1.82) is 5.26 Å². The zero-order chi connectivity index (χ0) is 58.6. The summed E-state index contributed by atoms with van der Waals surface area (Å²) >= 11 is 2.22. The minimum Gasteiger partial charge on any atom is -0.495 e. The normalized spacial score (nSPS) is 12.5. The highest BCUT2D eigenvalue weighted by Crippen LogP contribution is 2.45. The van der Waals surface area contributed by atoms with Gasteiger partial charge in [0.2, 0.25) is 11.0 Å². The molecule has 0 aliphatic carbocycles. The molecule has 0 spiro atoms. The Balaban J connectivity index is 0.00000223. The van der Waals surface area contributed by atoms with E-state index in [0.717, 1.165) is 15.7 Å². The molecule has 8 rings (SSSR count). The number of aromatic hydroxyl groups is 1. The highest BCUT2D eigenvalue weighted by molar-refractivity contribution is 7.99. The highest BCUT2D eigenvalue weighted by Gasteiger charge is 2.28. The Kier molecular flexibility index (Phi) is 18.1. The van der Waals surface area contributed by atoms with Gasteiger partial charge in [-0.15, -0.1) is 50.0 Å². The average molecular weight is 1230 g/mol. The van der Waals surface area contributed by atoms with Crippen molar-refractivity contribution < 1.29 is 79.1 Å². The second kappa shape index (κ2) is 24.1. The lowest BCUT2D eigenvalue weighted by molar-refractivity contribution is 0.317. The topological polar surface area (TPSA) is 436 Å². The first-order valence-electron chi connectivity index (χ1n) is 22.4. The third-order valence-corrected chi connectivity index (χ3v) is 16.8. The lowest BCUT2D eigenvalue weighted by atomic mass is 10.1. The molecule has 0 saturated carbocycles. The van der Waals surface area contributed by atoms with Crippen LogP contribution in [-0.4, -0.2) is 115 Å². The minimum atomic E-state index is -4.95. The van der Waals surface area contributed by atoms with Crippen LogP contribution in [0.1, 0.15) is 35.1 Å². The maximum atomic E-state index is 12.5. The molecule has 5 aromatic carbocycles. The number of pyridine rings is 1. The first-order valence-corrected chi connectivity index (χ1v) is 31.3. The predicted molar refractivity (Wildman–Crippen MR) is 290 cm³/mol. The highest BCUT2D eigenvalue weighted by atomic mass is 32.2. The Morgan fingerprint density at radius 1 is 0.725 bits per heavy atom. The fourth-order valence-corrected chi connectivity index (χ4v) is 12.3. The summed E-state index contributed by atoms with van der Waals surface area (Å²) in [6.07, 6.45) is -0.130. The number of nitriles is 1. The molecule has 28 nitrogen and oxygen atoms in total. The van der Waals surface area contributed by atoms with Crippen LogP contribution in [0.2, 0.25) is 0 Å². The Morgan fingerprint density at radius 2 is 1.34 bits per heavy atom. The van der Waals surface area contributed by atoms with Gasteiger partial charge in [0.1, 0.15) is 44.7 Å². The number of methoxy groups -OCH3 is 1. The maximum Gasteiger partial charge on any atom is 0.425 e. The van der Waals surface area contributed by atoms with Crippen LogP contribution in [-0.2, 0) is 51.1 Å². The molecule has 0 unspecified atom stereocenters. The van der Waals surface area contributed by atoms with Crippen molar-refractivity contribution in [2.45, 2.75) is 48.3 Å². The van der Waals surface area contributed by atoms with Gasteiger partial charge in [0.25, 0.3) is 40.5 Å². The van der Waals surface area contributed by atoms with E-state index < -0.39 is 78.3 Å². The molecule has 0 amide bonds. The monoisotopic (exact) mass is 1230 g/mol. The van der Waals surface area contributed by atoms with Gasteiger partial charge in [-0.05, 0) is 92.3 Å². The Morgan fingerprint density at radius 3 is 1.98 bits per heavy atom. The minimum absolute atomic E-state index is 0.00533. The SMILES string of the molecule is COc1ccc2c(nc3c(C#N)c(C)c(N=Nc4cc(C)c(N=Nc5cc(C)c(N=Nc6nc7c(S(=O)(=O)O)cc8ccccc8c7s6)cc5SCCCS(=O)(=O)O)cc4OCCCS(=O)(=O)O)c(O)n32)c1S(=O)(=O)O.O=S(=O)=O. The number of imidazole rings is 1. The summed E-state index contributed by atoms with van der Waals surface area (Å²) in [5.74, 6) is -1.91. The fourth-order valence-electron chi connectivity index (χ4n) is 7.73. The number of aromatic nitrogens is 3. The Labute approximate surface area is 463 Å². The molecular formula is C45H40N10O18S7. The molecule has 0 radical (unpaired) electrons. The van der Waals surface area contributed by atoms with Crippen molar-refractivity contribution in [2.75, 3.05) is 31.0 Å². The van der Waals surface area contributed by atoms with E-state index in [1.807, 2.05) is 6.07 Å². The summed E-state index contributed by atoms with van der Waals surface area (Å²) in [5.41, 5.74) is 0.878. The van der Waals surface area contributed by atoms with Crippen LogP contribution in [0.3, 0.4) is 0 Å². The number of rotatable bonds is 19. The molecule has 80 heavy (non-hydrogen) atoms. The first kappa shape index (κ1) is 60.1. The standard InChI is InChI=1S/C45H40N10O15S6.O3S/c1-23-17-31(51-53-38-25(3)28(22-46)43-47-39-33(55(43)44(38)56)11-12-34(69-4)42(39)76(66,67)68)35(70-13-7-15-73(57,58)59)20-29(23)49-52-32-18-24(2)30(21-36(32)71-14-8-16-74(60,61)62)50-54-45-48-40-37(75(63,64)65)19-26-9-5-6-10-27(26)41(40)72-45;1-4(2)3/h5-6,9-12,17-21,56H,7-8,13-16H2,1-4H3,(H,57,58,59)(H,60,61,62)(H,63,64,65)(H,66,67,68);. The van der Waals surface area contributed by atoms with E-state index in [2.05, 4.69) is 40.7 Å². The van der Waals surface area contributed by atoms with Gasteiger partial charge in [-0.2, -0.15) is 44.0 Å². The van der Waals surface area contributed by atoms with E-state index in [1.54, 1.807) is 50.2 Å². The zero-order valence-corrected chi connectivity index (χ0v) is 47.2. The Bertz CT molecular complexity index is 4560. The second-order valence-electron chi connectivity index (χ2n) is 16.7. The van der Waals surface area contributed by atoms with Gasteiger partial charge < -0.3 is 14.6 Å². The number of thioether (sulfide) groups is 1. The molecule has 0 aliphatic heterocycles. The number of fused-ring (bicyclic) bond motifs is 6. The van der Waals surface area contributed by atoms with E-state index in [-0.39, 0.29) is 97.9 Å². The number of benzene rings is 5. The zero-order valence-electron chi connectivity index (χ0n) is 41.5. The van der Waals surface area contributed by atoms with Crippen LogP contribution in [0.4, 0.5) is 33.6 Å². The molecule has 5 N–H and O–H groups in total. The third-order valence-electron chi connectivity index (χ3n) is 11.3. The third kappa shape index (κ3) is 14.1. The van der Waals surface area contributed by atoms with Crippen molar-refractivity contribution in [2.24, 2.45) is 30.7 Å². The molecule has 35 heteroatoms. The summed E-state index contributed by atoms with van der Waals surface area (Å²) < 4.78 is 173. The van der Waals surface area contributed by atoms with Crippen LogP contribution < -0.4 is 9.47 Å². The van der Waals surface area contributed by atoms with Crippen molar-refractivity contribution in [3.63, 3.8) is 0 Å². The molecule has 8 aromatic rings. The summed E-state index contributed by atoms with van der Waals surface area (Å²) in [5, 5.41) is 49.5. The lowest BCUT2D eigenvalue weighted by Crippen LogP contribution is -2.08. The van der Waals surface area contributed by atoms with E-state index in [9.17, 15) is 62.3 Å². The maximum absolute atomic E-state index is 12.5. The summed E-state index contributed by atoms with van der Waals surface area (Å²) in [6, 6.07) is 19.0. The molecule has 3 aromatic heterocycles. The number of aryl methyl sites for hydroxylation is 2. The molecule has 420 valence electrons. The lowest BCUT2D eigenvalue weighted by Gasteiger charge is -2.12. The van der Waals surface area contributed by atoms with Crippen LogP contribution in [0.5, 0.6) is 17.4 Å². The molecule has 3 heterocycles. The molecular weight excluding hydrogens is 1190 g/mol. The number of hydrogen-bond acceptors (Lipinski definition) is 25. The summed E-state index contributed by atoms with van der Waals surface area (Å²) in [6.45, 7) is 4.50. The van der Waals surface area contributed by atoms with E-state index in [4.69, 9.17) is 22.1 Å². The van der Waals surface area contributed by atoms with Crippen molar-refractivity contribution >= 4 is 145 Å². The molecule has 0 aliphatic rings. The van der Waals surface area contributed by atoms with Crippen LogP contribution >= 0.6 is 23.1 Å². The number of ether oxygens (including phenoxy) is 2. The average Bonchev–Trinajstić information content (AvgIpc) is 4.19. The van der Waals surface area contributed by atoms with Gasteiger partial charge in [0.05, 0.1) is 52.5 Å². The molecule has 0 bridgehead atoms. The van der Waals surface area contributed by atoms with Gasteiger partial charge in [-0.25, -0.2) is 9.97 Å². The molecule has 0 fully saturated rings. The largest absolute Gasteiger partial charge is 0.495 e. The van der Waals surface area contributed by atoms with Gasteiger partial charge in [0, 0.05) is 21.9 Å². The van der Waals surface area contributed by atoms with Gasteiger partial charge in [0.15, 0.2) is 16.2 Å². The van der Waals surface area contributed by atoms with E-state index in [0.29, 0.717) is 37.2 Å². The van der Waals surface area contributed by atoms with Crippen molar-refractivity contribution in [3.05, 3.63) is 89.0 Å². The van der Waals surface area contributed by atoms with Gasteiger partial charge in [-0.1, -0.05) is 35.6 Å². The van der Waals surface area contributed by atoms with Crippen LogP contribution in [0, 0.1) is 32.1 Å². The van der Waals surface area contributed by atoms with Gasteiger partial charge in [-0.3, -0.25) is 22.6 Å². The van der Waals surface area contributed by atoms with Crippen molar-refractivity contribution in [3.8, 4) is 23.4 Å². The van der Waals surface area contributed by atoms with Crippen LogP contribution in [0.25, 0.3) is 37.7 Å². The van der Waals surface area contributed by atoms with Gasteiger partial charge >= 0.3 is 10.6 Å². The van der Waals surface area contributed by atoms with E-state index in [1.165, 1.54) is 56.1 Å². The van der Waals surface area contributed by atoms with E-state index >= 15 is 0 Å². The summed E-state index contributed by atoms with van der Waals surface area (Å²) in [7, 11) is -20.2. The quantitative estimate of drug-likeness (QED) is 0.0217. The van der Waals surface area contributed by atoms with Crippen molar-refractivity contribution in [1.82, 2.24) is 14.4 Å². The number of thiazole rings is 1. The predicted octanol–water partition coefficient (Wildman–Crippen LogP) is 9.52. The molecule has 0 saturated heterocycles.